The van der Waals surface area contributed by atoms with Gasteiger partial charge in [-0.2, -0.15) is 0 Å². The van der Waals surface area contributed by atoms with Crippen molar-refractivity contribution >= 4 is 43.7 Å². The van der Waals surface area contributed by atoms with Gasteiger partial charge in [-0.25, -0.2) is 4.98 Å². The summed E-state index contributed by atoms with van der Waals surface area (Å²) in [6, 6.07) is 71.7. The quantitative estimate of drug-likeness (QED) is 0.178. The lowest BCUT2D eigenvalue weighted by molar-refractivity contribution is 0.794. The maximum atomic E-state index is 4.88. The van der Waals surface area contributed by atoms with Gasteiger partial charge in [0.2, 0.25) is 0 Å². The van der Waals surface area contributed by atoms with E-state index in [9.17, 15) is 0 Å². The minimum absolute atomic E-state index is 0.339. The molecule has 0 saturated carbocycles. The van der Waals surface area contributed by atoms with Gasteiger partial charge in [0.15, 0.2) is 0 Å². The third kappa shape index (κ3) is 3.97. The molecule has 0 radical (unpaired) electrons. The van der Waals surface area contributed by atoms with E-state index in [1.807, 2.05) is 12.3 Å². The lowest BCUT2D eigenvalue weighted by Gasteiger charge is -2.30. The first kappa shape index (κ1) is 30.8. The van der Waals surface area contributed by atoms with Crippen molar-refractivity contribution in [2.75, 3.05) is 0 Å². The molecule has 2 aliphatic carbocycles. The van der Waals surface area contributed by atoms with Crippen LogP contribution in [0.5, 0.6) is 0 Å². The van der Waals surface area contributed by atoms with Gasteiger partial charge in [0, 0.05) is 39.1 Å². The molecule has 0 bridgehead atoms. The van der Waals surface area contributed by atoms with Gasteiger partial charge in [-0.3, -0.25) is 4.57 Å². The van der Waals surface area contributed by atoms with Crippen molar-refractivity contribution < 1.29 is 0 Å². The number of rotatable bonds is 3. The molecule has 0 atom stereocenters. The molecule has 0 N–H and O–H groups in total. The molecule has 0 aliphatic heterocycles. The summed E-state index contributed by atoms with van der Waals surface area (Å²) < 4.78 is 4.72. The van der Waals surface area contributed by atoms with E-state index in [2.05, 4.69) is 197 Å². The topological polar surface area (TPSA) is 22.8 Å². The smallest absolute Gasteiger partial charge is 0.145 e. The Morgan fingerprint density at radius 1 is 0.333 bits per heavy atom. The molecular weight excluding hydrogens is 691 g/mol. The van der Waals surface area contributed by atoms with Crippen LogP contribution in [0.3, 0.4) is 0 Å². The maximum absolute atomic E-state index is 4.88. The fourth-order valence-electron chi connectivity index (χ4n) is 10.5. The van der Waals surface area contributed by atoms with Gasteiger partial charge < -0.3 is 4.57 Å². The summed E-state index contributed by atoms with van der Waals surface area (Å²) in [6.07, 6.45) is 1.89. The Morgan fingerprint density at radius 2 is 0.912 bits per heavy atom. The van der Waals surface area contributed by atoms with Crippen LogP contribution in [-0.4, -0.2) is 14.1 Å². The largest absolute Gasteiger partial charge is 0.309 e. The summed E-state index contributed by atoms with van der Waals surface area (Å²) in [5, 5.41) is 4.82. The molecule has 0 amide bonds. The molecule has 3 aromatic heterocycles. The van der Waals surface area contributed by atoms with Crippen molar-refractivity contribution in [3.63, 3.8) is 0 Å². The van der Waals surface area contributed by atoms with Crippen molar-refractivity contribution in [2.24, 2.45) is 0 Å². The van der Waals surface area contributed by atoms with Gasteiger partial charge in [-0.05, 0) is 116 Å². The van der Waals surface area contributed by atoms with Crippen molar-refractivity contribution in [3.8, 4) is 44.8 Å². The molecule has 0 fully saturated rings. The summed E-state index contributed by atoms with van der Waals surface area (Å²) in [4.78, 5) is 4.88. The second kappa shape index (κ2) is 11.3. The number of fused-ring (bicyclic) bond motifs is 16. The van der Waals surface area contributed by atoms with Crippen LogP contribution in [0.25, 0.3) is 88.5 Å². The average molecular weight is 724 g/mol. The molecule has 11 aromatic rings. The molecule has 264 valence electrons. The van der Waals surface area contributed by atoms with Gasteiger partial charge in [-0.1, -0.05) is 133 Å². The van der Waals surface area contributed by atoms with Gasteiger partial charge in [-0.15, -0.1) is 0 Å². The SMILES string of the molecule is c1ccc(-n2c3ccc(-c4ccc5c(c4)-c4ccccc4C54c5ccccc5-c5ccccc54)cc3c3ccc(-n4c5ccccc5c5cccnc54)cc32)cc1. The molecule has 57 heavy (non-hydrogen) atoms. The van der Waals surface area contributed by atoms with Gasteiger partial charge >= 0.3 is 0 Å². The lowest BCUT2D eigenvalue weighted by atomic mass is 9.70. The number of benzene rings is 8. The molecule has 0 unspecified atom stereocenters. The predicted octanol–water partition coefficient (Wildman–Crippen LogP) is 13.3. The standard InChI is InChI=1S/C54H33N3/c1-2-13-36(14-3-1)56-51-29-25-35(32-45(51)42-27-26-37(33-52(42)56)57-50-23-11-7-18-41(50)43-19-12-30-55-53(43)57)34-24-28-49-44(31-34)40-17-6-10-22-48(40)54(49)46-20-8-4-15-38(46)39-16-5-9-21-47(39)54/h1-33H. The highest BCUT2D eigenvalue weighted by Gasteiger charge is 2.51. The highest BCUT2D eigenvalue weighted by Crippen LogP contribution is 2.63. The van der Waals surface area contributed by atoms with Crippen LogP contribution in [0, 0.1) is 0 Å². The average Bonchev–Trinajstić information content (AvgIpc) is 3.98. The van der Waals surface area contributed by atoms with E-state index in [0.29, 0.717) is 0 Å². The number of hydrogen-bond donors (Lipinski definition) is 0. The number of para-hydroxylation sites is 2. The summed E-state index contributed by atoms with van der Waals surface area (Å²) in [6.45, 7) is 0. The zero-order chi connectivity index (χ0) is 37.2. The van der Waals surface area contributed by atoms with Crippen LogP contribution >= 0.6 is 0 Å². The maximum Gasteiger partial charge on any atom is 0.145 e. The molecule has 3 heteroatoms. The summed E-state index contributed by atoms with van der Waals surface area (Å²) >= 11 is 0. The first-order chi connectivity index (χ1) is 28.3. The zero-order valence-corrected chi connectivity index (χ0v) is 30.9. The number of aromatic nitrogens is 3. The Morgan fingerprint density at radius 3 is 1.68 bits per heavy atom. The van der Waals surface area contributed by atoms with Crippen molar-refractivity contribution in [2.45, 2.75) is 5.41 Å². The number of nitrogens with zero attached hydrogens (tertiary/aromatic N) is 3. The Kier molecular flexibility index (Phi) is 6.10. The van der Waals surface area contributed by atoms with Crippen molar-refractivity contribution in [1.29, 1.82) is 0 Å². The molecule has 0 saturated heterocycles. The highest BCUT2D eigenvalue weighted by atomic mass is 15.1. The second-order valence-electron chi connectivity index (χ2n) is 15.5. The third-order valence-electron chi connectivity index (χ3n) is 12.8. The van der Waals surface area contributed by atoms with Gasteiger partial charge in [0.1, 0.15) is 5.65 Å². The Balaban J connectivity index is 1.02. The molecule has 13 rings (SSSR count). The Bertz CT molecular complexity index is 3380. The van der Waals surface area contributed by atoms with Gasteiger partial charge in [0.05, 0.1) is 22.0 Å². The Labute approximate surface area is 329 Å². The number of pyridine rings is 1. The van der Waals surface area contributed by atoms with Crippen LogP contribution < -0.4 is 0 Å². The van der Waals surface area contributed by atoms with Crippen molar-refractivity contribution in [3.05, 3.63) is 223 Å². The molecular formula is C54H33N3. The van der Waals surface area contributed by atoms with Crippen LogP contribution in [0.15, 0.2) is 200 Å². The fourth-order valence-corrected chi connectivity index (χ4v) is 10.5. The van der Waals surface area contributed by atoms with E-state index in [-0.39, 0.29) is 5.41 Å². The Hall–Kier alpha value is -7.49. The van der Waals surface area contributed by atoms with E-state index >= 15 is 0 Å². The molecule has 2 aliphatic rings. The zero-order valence-electron chi connectivity index (χ0n) is 30.9. The monoisotopic (exact) mass is 723 g/mol. The van der Waals surface area contributed by atoms with E-state index in [4.69, 9.17) is 4.98 Å². The third-order valence-corrected chi connectivity index (χ3v) is 12.8. The lowest BCUT2D eigenvalue weighted by Crippen LogP contribution is -2.25. The second-order valence-corrected chi connectivity index (χ2v) is 15.5. The predicted molar refractivity (Wildman–Crippen MR) is 235 cm³/mol. The summed E-state index contributed by atoms with van der Waals surface area (Å²) in [5.74, 6) is 0. The molecule has 3 heterocycles. The minimum atomic E-state index is -0.339. The van der Waals surface area contributed by atoms with Crippen LogP contribution in [0.4, 0.5) is 0 Å². The molecule has 8 aromatic carbocycles. The molecule has 1 spiro atoms. The number of hydrogen-bond acceptors (Lipinski definition) is 1. The van der Waals surface area contributed by atoms with E-state index in [1.54, 1.807) is 0 Å². The first-order valence-corrected chi connectivity index (χ1v) is 19.7. The molecule has 3 nitrogen and oxygen atoms in total. The summed E-state index contributed by atoms with van der Waals surface area (Å²) in [7, 11) is 0. The van der Waals surface area contributed by atoms with Crippen LogP contribution in [-0.2, 0) is 5.41 Å². The summed E-state index contributed by atoms with van der Waals surface area (Å²) in [5.41, 5.74) is 19.5. The fraction of sp³-hybridized carbons (Fsp3) is 0.0185. The van der Waals surface area contributed by atoms with Crippen LogP contribution in [0.2, 0.25) is 0 Å². The minimum Gasteiger partial charge on any atom is -0.309 e. The van der Waals surface area contributed by atoms with E-state index < -0.39 is 0 Å². The highest BCUT2D eigenvalue weighted by molar-refractivity contribution is 6.12. The first-order valence-electron chi connectivity index (χ1n) is 19.7. The van der Waals surface area contributed by atoms with E-state index in [1.165, 1.54) is 77.3 Å². The van der Waals surface area contributed by atoms with E-state index in [0.717, 1.165) is 33.4 Å². The normalized spacial score (nSPS) is 13.4. The van der Waals surface area contributed by atoms with Gasteiger partial charge in [0.25, 0.3) is 0 Å². The van der Waals surface area contributed by atoms with Crippen molar-refractivity contribution in [1.82, 2.24) is 14.1 Å². The van der Waals surface area contributed by atoms with Crippen LogP contribution in [0.1, 0.15) is 22.3 Å².